The largest absolute Gasteiger partial charge is 0.497 e. The van der Waals surface area contributed by atoms with E-state index in [0.29, 0.717) is 28.4 Å². The number of methoxy groups -OCH3 is 1. The molecule has 1 amide bonds. The number of aromatic nitrogens is 2. The van der Waals surface area contributed by atoms with Crippen LogP contribution < -0.4 is 15.7 Å². The molecule has 0 aliphatic carbocycles. The van der Waals surface area contributed by atoms with Crippen LogP contribution in [-0.2, 0) is 11.2 Å². The lowest BCUT2D eigenvalue weighted by Gasteiger charge is -2.08. The van der Waals surface area contributed by atoms with E-state index < -0.39 is 5.63 Å². The Kier molecular flexibility index (Phi) is 4.12. The van der Waals surface area contributed by atoms with Crippen molar-refractivity contribution in [1.29, 1.82) is 0 Å². The summed E-state index contributed by atoms with van der Waals surface area (Å²) >= 11 is 0. The van der Waals surface area contributed by atoms with Crippen LogP contribution in [0.4, 0.5) is 5.95 Å². The number of benzene rings is 2. The summed E-state index contributed by atoms with van der Waals surface area (Å²) in [6.45, 7) is 1.80. The number of amides is 1. The van der Waals surface area contributed by atoms with Crippen LogP contribution in [0.25, 0.3) is 22.0 Å². The Morgan fingerprint density at radius 1 is 1.26 bits per heavy atom. The number of anilines is 1. The number of carbonyl (C=O) groups is 1. The fourth-order valence-corrected chi connectivity index (χ4v) is 3.05. The standard InChI is InChI=1S/C20H17N3O4/c1-11-13-8-7-12(26-2)9-17(13)27-19(25)14(11)10-18(24)23-20-21-15-5-3-4-6-16(15)22-20/h3-9H,10H2,1-2H3,(H2,21,22,23,24). The number of hydrogen-bond donors (Lipinski definition) is 2. The molecular weight excluding hydrogens is 346 g/mol. The molecule has 0 fully saturated rings. The van der Waals surface area contributed by atoms with E-state index in [1.54, 1.807) is 26.2 Å². The summed E-state index contributed by atoms with van der Waals surface area (Å²) in [5, 5.41) is 3.46. The van der Waals surface area contributed by atoms with Crippen molar-refractivity contribution in [2.24, 2.45) is 0 Å². The number of imidazole rings is 1. The minimum Gasteiger partial charge on any atom is -0.497 e. The molecule has 4 aromatic rings. The first-order valence-corrected chi connectivity index (χ1v) is 8.40. The molecule has 2 aromatic heterocycles. The Labute approximate surface area is 154 Å². The highest BCUT2D eigenvalue weighted by Crippen LogP contribution is 2.24. The monoisotopic (exact) mass is 363 g/mol. The van der Waals surface area contributed by atoms with E-state index in [1.807, 2.05) is 30.3 Å². The van der Waals surface area contributed by atoms with Crippen LogP contribution in [0, 0.1) is 6.92 Å². The molecule has 0 aliphatic heterocycles. The third-order valence-electron chi connectivity index (χ3n) is 4.48. The molecule has 7 nitrogen and oxygen atoms in total. The van der Waals surface area contributed by atoms with Gasteiger partial charge in [-0.1, -0.05) is 12.1 Å². The van der Waals surface area contributed by atoms with E-state index in [0.717, 1.165) is 16.4 Å². The van der Waals surface area contributed by atoms with Crippen LogP contribution in [0.5, 0.6) is 5.75 Å². The second kappa shape index (κ2) is 6.60. The molecule has 0 saturated heterocycles. The number of aromatic amines is 1. The fourth-order valence-electron chi connectivity index (χ4n) is 3.05. The third kappa shape index (κ3) is 3.15. The van der Waals surface area contributed by atoms with Gasteiger partial charge in [-0.2, -0.15) is 0 Å². The molecule has 136 valence electrons. The lowest BCUT2D eigenvalue weighted by atomic mass is 10.0. The van der Waals surface area contributed by atoms with Crippen LogP contribution in [0.15, 0.2) is 51.7 Å². The van der Waals surface area contributed by atoms with Gasteiger partial charge in [0.1, 0.15) is 11.3 Å². The molecule has 0 radical (unpaired) electrons. The summed E-state index contributed by atoms with van der Waals surface area (Å²) in [7, 11) is 1.54. The minimum atomic E-state index is -0.534. The summed E-state index contributed by atoms with van der Waals surface area (Å²) in [6, 6.07) is 12.7. The second-order valence-corrected chi connectivity index (χ2v) is 6.18. The van der Waals surface area contributed by atoms with Gasteiger partial charge >= 0.3 is 5.63 Å². The maximum atomic E-state index is 12.4. The smallest absolute Gasteiger partial charge is 0.340 e. The van der Waals surface area contributed by atoms with Crippen molar-refractivity contribution in [2.45, 2.75) is 13.3 Å². The zero-order valence-electron chi connectivity index (χ0n) is 14.8. The predicted octanol–water partition coefficient (Wildman–Crippen LogP) is 3.17. The van der Waals surface area contributed by atoms with Gasteiger partial charge in [-0.15, -0.1) is 0 Å². The molecule has 2 aromatic carbocycles. The van der Waals surface area contributed by atoms with Gasteiger partial charge in [-0.25, -0.2) is 9.78 Å². The number of ether oxygens (including phenoxy) is 1. The van der Waals surface area contributed by atoms with Crippen molar-refractivity contribution in [3.63, 3.8) is 0 Å². The van der Waals surface area contributed by atoms with Crippen molar-refractivity contribution >= 4 is 33.9 Å². The van der Waals surface area contributed by atoms with Crippen LogP contribution >= 0.6 is 0 Å². The van der Waals surface area contributed by atoms with Crippen LogP contribution in [0.2, 0.25) is 0 Å². The van der Waals surface area contributed by atoms with E-state index >= 15 is 0 Å². The summed E-state index contributed by atoms with van der Waals surface area (Å²) < 4.78 is 10.5. The Hall–Kier alpha value is -3.61. The summed E-state index contributed by atoms with van der Waals surface area (Å²) in [6.07, 6.45) is -0.104. The van der Waals surface area contributed by atoms with Crippen molar-refractivity contribution in [3.05, 3.63) is 64.0 Å². The molecule has 27 heavy (non-hydrogen) atoms. The molecule has 0 unspecified atom stereocenters. The van der Waals surface area contributed by atoms with E-state index in [1.165, 1.54) is 0 Å². The zero-order chi connectivity index (χ0) is 19.0. The number of nitrogens with zero attached hydrogens (tertiary/aromatic N) is 1. The van der Waals surface area contributed by atoms with Crippen molar-refractivity contribution < 1.29 is 13.9 Å². The predicted molar refractivity (Wildman–Crippen MR) is 102 cm³/mol. The van der Waals surface area contributed by atoms with E-state index in [2.05, 4.69) is 15.3 Å². The van der Waals surface area contributed by atoms with Gasteiger partial charge in [-0.05, 0) is 36.8 Å². The van der Waals surface area contributed by atoms with Crippen molar-refractivity contribution in [1.82, 2.24) is 9.97 Å². The Morgan fingerprint density at radius 2 is 2.07 bits per heavy atom. The number of H-pyrrole nitrogens is 1. The normalized spacial score (nSPS) is 11.0. The molecule has 2 N–H and O–H groups in total. The summed E-state index contributed by atoms with van der Waals surface area (Å²) in [4.78, 5) is 32.1. The van der Waals surface area contributed by atoms with Crippen molar-refractivity contribution in [3.8, 4) is 5.75 Å². The lowest BCUT2D eigenvalue weighted by molar-refractivity contribution is -0.115. The average molecular weight is 363 g/mol. The molecule has 0 aliphatic rings. The van der Waals surface area contributed by atoms with Crippen molar-refractivity contribution in [2.75, 3.05) is 12.4 Å². The summed E-state index contributed by atoms with van der Waals surface area (Å²) in [5.41, 5.74) is 2.50. The number of hydrogen-bond acceptors (Lipinski definition) is 5. The van der Waals surface area contributed by atoms with Gasteiger partial charge in [0.05, 0.1) is 30.1 Å². The highest BCUT2D eigenvalue weighted by Gasteiger charge is 2.16. The van der Waals surface area contributed by atoms with E-state index in [9.17, 15) is 9.59 Å². The number of aryl methyl sites for hydroxylation is 1. The number of para-hydroxylation sites is 2. The first kappa shape index (κ1) is 16.8. The van der Waals surface area contributed by atoms with Gasteiger partial charge < -0.3 is 14.1 Å². The second-order valence-electron chi connectivity index (χ2n) is 6.18. The quantitative estimate of drug-likeness (QED) is 0.543. The van der Waals surface area contributed by atoms with Gasteiger partial charge in [0.15, 0.2) is 0 Å². The number of carbonyl (C=O) groups excluding carboxylic acids is 1. The first-order chi connectivity index (χ1) is 13.0. The third-order valence-corrected chi connectivity index (χ3v) is 4.48. The maximum absolute atomic E-state index is 12.4. The molecular formula is C20H17N3O4. The Morgan fingerprint density at radius 3 is 2.85 bits per heavy atom. The van der Waals surface area contributed by atoms with Gasteiger partial charge in [0.25, 0.3) is 0 Å². The molecule has 0 spiro atoms. The highest BCUT2D eigenvalue weighted by atomic mass is 16.5. The van der Waals surface area contributed by atoms with Crippen LogP contribution in [0.3, 0.4) is 0 Å². The van der Waals surface area contributed by atoms with Crippen LogP contribution in [0.1, 0.15) is 11.1 Å². The van der Waals surface area contributed by atoms with Gasteiger partial charge in [0.2, 0.25) is 11.9 Å². The Balaban J connectivity index is 1.62. The van der Waals surface area contributed by atoms with E-state index in [4.69, 9.17) is 9.15 Å². The molecule has 4 rings (SSSR count). The van der Waals surface area contributed by atoms with Crippen LogP contribution in [-0.4, -0.2) is 23.0 Å². The SMILES string of the molecule is COc1ccc2c(C)c(CC(=O)Nc3nc4ccccc4[nH]3)c(=O)oc2c1. The number of rotatable bonds is 4. The first-order valence-electron chi connectivity index (χ1n) is 8.40. The molecule has 7 heteroatoms. The van der Waals surface area contributed by atoms with E-state index in [-0.39, 0.29) is 12.3 Å². The topological polar surface area (TPSA) is 97.2 Å². The highest BCUT2D eigenvalue weighted by molar-refractivity contribution is 5.93. The fraction of sp³-hybridized carbons (Fsp3) is 0.150. The average Bonchev–Trinajstić information content (AvgIpc) is 3.06. The number of nitrogens with one attached hydrogen (secondary N) is 2. The maximum Gasteiger partial charge on any atom is 0.340 e. The minimum absolute atomic E-state index is 0.104. The summed E-state index contributed by atoms with van der Waals surface area (Å²) in [5.74, 6) is 0.589. The molecule has 2 heterocycles. The van der Waals surface area contributed by atoms with Gasteiger partial charge in [0, 0.05) is 11.5 Å². The zero-order valence-corrected chi connectivity index (χ0v) is 14.8. The number of fused-ring (bicyclic) bond motifs is 2. The molecule has 0 saturated carbocycles. The van der Waals surface area contributed by atoms with Gasteiger partial charge in [-0.3, -0.25) is 10.1 Å². The Bertz CT molecular complexity index is 1190. The molecule has 0 atom stereocenters. The molecule has 0 bridgehead atoms. The lowest BCUT2D eigenvalue weighted by Crippen LogP contribution is -2.21.